The standard InChI is InChI=1S/C37H36FN5O4/c1-2-17-41(37(46)39-21-25-10-13-30(38)14-11-25)42-24-35(44)43-32(20-26-12-15-33-28(19-26)16-18-47-33)36(45)40(23-34(42)43)22-29-8-5-7-27-6-3-4-9-31(27)29/h3-16,18-19,32,34H,2,17,20-24H2,1H3,(H,39,46)/t32-,34+/m0/s1. The Morgan fingerprint density at radius 1 is 0.957 bits per heavy atom. The summed E-state index contributed by atoms with van der Waals surface area (Å²) in [5.74, 6) is -0.669. The Balaban J connectivity index is 1.20. The van der Waals surface area contributed by atoms with Gasteiger partial charge in [-0.25, -0.2) is 9.18 Å². The van der Waals surface area contributed by atoms with Gasteiger partial charge in [0.05, 0.1) is 19.4 Å². The Bertz CT molecular complexity index is 1940. The number of carbonyl (C=O) groups is 3. The molecule has 2 aliphatic heterocycles. The van der Waals surface area contributed by atoms with Gasteiger partial charge in [0.15, 0.2) is 0 Å². The third-order valence-electron chi connectivity index (χ3n) is 9.09. The van der Waals surface area contributed by atoms with E-state index in [4.69, 9.17) is 4.42 Å². The molecular weight excluding hydrogens is 597 g/mol. The molecule has 1 N–H and O–H groups in total. The van der Waals surface area contributed by atoms with Crippen LogP contribution in [0, 0.1) is 5.82 Å². The minimum Gasteiger partial charge on any atom is -0.464 e. The van der Waals surface area contributed by atoms with E-state index in [1.165, 1.54) is 12.1 Å². The van der Waals surface area contributed by atoms with E-state index in [2.05, 4.69) is 23.5 Å². The van der Waals surface area contributed by atoms with Gasteiger partial charge in [0.2, 0.25) is 11.8 Å². The Morgan fingerprint density at radius 3 is 2.57 bits per heavy atom. The van der Waals surface area contributed by atoms with Crippen LogP contribution in [0.3, 0.4) is 0 Å². The maximum absolute atomic E-state index is 14.4. The molecule has 5 aromatic rings. The molecule has 10 heteroatoms. The fourth-order valence-corrected chi connectivity index (χ4v) is 6.82. The highest BCUT2D eigenvalue weighted by atomic mass is 19.1. The van der Waals surface area contributed by atoms with Crippen molar-refractivity contribution in [3.05, 3.63) is 120 Å². The fourth-order valence-electron chi connectivity index (χ4n) is 6.82. The minimum absolute atomic E-state index is 0.0265. The second kappa shape index (κ2) is 12.9. The van der Waals surface area contributed by atoms with Crippen molar-refractivity contribution in [2.24, 2.45) is 0 Å². The second-order valence-corrected chi connectivity index (χ2v) is 12.2. The summed E-state index contributed by atoms with van der Waals surface area (Å²) in [4.78, 5) is 45.4. The van der Waals surface area contributed by atoms with Crippen molar-refractivity contribution >= 4 is 39.6 Å². The van der Waals surface area contributed by atoms with Crippen LogP contribution < -0.4 is 5.32 Å². The number of hydrogen-bond acceptors (Lipinski definition) is 5. The first kappa shape index (κ1) is 30.4. The van der Waals surface area contributed by atoms with Crippen molar-refractivity contribution in [3.8, 4) is 0 Å². The average Bonchev–Trinajstić information content (AvgIpc) is 3.68. The zero-order valence-electron chi connectivity index (χ0n) is 26.1. The summed E-state index contributed by atoms with van der Waals surface area (Å²) in [6, 6.07) is 26.7. The minimum atomic E-state index is -0.753. The van der Waals surface area contributed by atoms with Gasteiger partial charge in [-0.3, -0.25) is 14.6 Å². The number of benzene rings is 4. The van der Waals surface area contributed by atoms with Crippen LogP contribution in [0.1, 0.15) is 30.0 Å². The Hall–Kier alpha value is -5.22. The lowest BCUT2D eigenvalue weighted by molar-refractivity contribution is -0.157. The van der Waals surface area contributed by atoms with E-state index in [-0.39, 0.29) is 43.3 Å². The molecule has 1 aromatic heterocycles. The van der Waals surface area contributed by atoms with Crippen molar-refractivity contribution in [2.45, 2.75) is 45.1 Å². The number of urea groups is 1. The summed E-state index contributed by atoms with van der Waals surface area (Å²) in [6.07, 6.45) is 2.08. The van der Waals surface area contributed by atoms with Crippen molar-refractivity contribution in [1.82, 2.24) is 25.1 Å². The highest BCUT2D eigenvalue weighted by molar-refractivity contribution is 5.92. The Morgan fingerprint density at radius 2 is 1.74 bits per heavy atom. The molecule has 4 amide bonds. The van der Waals surface area contributed by atoms with E-state index in [1.807, 2.05) is 60.4 Å². The van der Waals surface area contributed by atoms with Crippen molar-refractivity contribution < 1.29 is 23.2 Å². The van der Waals surface area contributed by atoms with Crippen LogP contribution in [0.15, 0.2) is 102 Å². The van der Waals surface area contributed by atoms with Crippen LogP contribution in [0.2, 0.25) is 0 Å². The van der Waals surface area contributed by atoms with E-state index in [0.29, 0.717) is 25.9 Å². The number of halogens is 1. The third kappa shape index (κ3) is 6.04. The lowest BCUT2D eigenvalue weighted by Gasteiger charge is -2.46. The summed E-state index contributed by atoms with van der Waals surface area (Å²) in [5.41, 5.74) is 3.44. The largest absolute Gasteiger partial charge is 0.464 e. The van der Waals surface area contributed by atoms with Gasteiger partial charge in [-0.1, -0.05) is 67.6 Å². The monoisotopic (exact) mass is 633 g/mol. The first-order valence-electron chi connectivity index (χ1n) is 16.0. The third-order valence-corrected chi connectivity index (χ3v) is 9.09. The highest BCUT2D eigenvalue weighted by Crippen LogP contribution is 2.32. The second-order valence-electron chi connectivity index (χ2n) is 12.2. The van der Waals surface area contributed by atoms with E-state index in [9.17, 15) is 18.8 Å². The molecule has 3 heterocycles. The average molecular weight is 634 g/mol. The lowest BCUT2D eigenvalue weighted by atomic mass is 9.98. The highest BCUT2D eigenvalue weighted by Gasteiger charge is 2.52. The molecule has 2 fully saturated rings. The molecule has 0 spiro atoms. The first-order chi connectivity index (χ1) is 22.9. The van der Waals surface area contributed by atoms with E-state index >= 15 is 0 Å². The van der Waals surface area contributed by atoms with E-state index in [1.54, 1.807) is 33.3 Å². The normalized spacial score (nSPS) is 18.3. The molecule has 2 atom stereocenters. The van der Waals surface area contributed by atoms with Crippen LogP contribution in [0.4, 0.5) is 9.18 Å². The summed E-state index contributed by atoms with van der Waals surface area (Å²) < 4.78 is 19.0. The molecule has 2 saturated heterocycles. The number of furan rings is 1. The van der Waals surface area contributed by atoms with Gasteiger partial charge < -0.3 is 19.5 Å². The van der Waals surface area contributed by atoms with Gasteiger partial charge in [-0.15, -0.1) is 0 Å². The van der Waals surface area contributed by atoms with Crippen LogP contribution in [0.25, 0.3) is 21.7 Å². The topological polar surface area (TPSA) is 89.3 Å². The molecule has 47 heavy (non-hydrogen) atoms. The number of carbonyl (C=O) groups excluding carboxylic acids is 3. The van der Waals surface area contributed by atoms with Gasteiger partial charge in [0.1, 0.15) is 23.6 Å². The van der Waals surface area contributed by atoms with Crippen LogP contribution in [-0.4, -0.2) is 69.5 Å². The smallest absolute Gasteiger partial charge is 0.332 e. The van der Waals surface area contributed by atoms with Gasteiger partial charge in [-0.2, -0.15) is 5.01 Å². The maximum Gasteiger partial charge on any atom is 0.332 e. The van der Waals surface area contributed by atoms with Crippen molar-refractivity contribution in [3.63, 3.8) is 0 Å². The molecule has 7 rings (SSSR count). The summed E-state index contributed by atoms with van der Waals surface area (Å²) in [7, 11) is 0. The van der Waals surface area contributed by atoms with Gasteiger partial charge in [-0.05, 0) is 64.2 Å². The number of hydrogen-bond donors (Lipinski definition) is 1. The van der Waals surface area contributed by atoms with Crippen LogP contribution in [0.5, 0.6) is 0 Å². The summed E-state index contributed by atoms with van der Waals surface area (Å²) >= 11 is 0. The Labute approximate surface area is 272 Å². The lowest BCUT2D eigenvalue weighted by Crippen LogP contribution is -2.66. The molecule has 240 valence electrons. The number of piperazine rings is 1. The zero-order valence-corrected chi connectivity index (χ0v) is 26.1. The molecular formula is C37H36FN5O4. The SMILES string of the molecule is CCCN(C(=O)NCc1ccc(F)cc1)N1CC(=O)N2[C@@H](Cc3ccc4occc4c3)C(=O)N(Cc3cccc4ccccc34)C[C@@H]21. The van der Waals surface area contributed by atoms with Crippen molar-refractivity contribution in [2.75, 3.05) is 19.6 Å². The van der Waals surface area contributed by atoms with Gasteiger partial charge in [0.25, 0.3) is 0 Å². The fraction of sp³-hybridized carbons (Fsp3) is 0.270. The van der Waals surface area contributed by atoms with E-state index in [0.717, 1.165) is 38.4 Å². The predicted molar refractivity (Wildman–Crippen MR) is 176 cm³/mol. The number of amides is 4. The Kier molecular flexibility index (Phi) is 8.34. The number of nitrogens with one attached hydrogen (secondary N) is 1. The van der Waals surface area contributed by atoms with Crippen LogP contribution >= 0.6 is 0 Å². The molecule has 0 aliphatic carbocycles. The summed E-state index contributed by atoms with van der Waals surface area (Å²) in [5, 5.41) is 9.42. The molecule has 0 bridgehead atoms. The molecule has 9 nitrogen and oxygen atoms in total. The molecule has 0 radical (unpaired) electrons. The quantitative estimate of drug-likeness (QED) is 0.226. The number of rotatable bonds is 9. The number of nitrogens with zero attached hydrogens (tertiary/aromatic N) is 4. The van der Waals surface area contributed by atoms with Gasteiger partial charge in [0, 0.05) is 31.4 Å². The number of hydrazine groups is 1. The zero-order chi connectivity index (χ0) is 32.5. The van der Waals surface area contributed by atoms with Crippen LogP contribution in [-0.2, 0) is 29.1 Å². The van der Waals surface area contributed by atoms with Crippen molar-refractivity contribution in [1.29, 1.82) is 0 Å². The molecule has 0 unspecified atom stereocenters. The maximum atomic E-state index is 14.4. The molecule has 0 saturated carbocycles. The molecule has 4 aromatic carbocycles. The molecule has 2 aliphatic rings. The predicted octanol–water partition coefficient (Wildman–Crippen LogP) is 5.69. The van der Waals surface area contributed by atoms with Gasteiger partial charge >= 0.3 is 6.03 Å². The first-order valence-corrected chi connectivity index (χ1v) is 16.0. The van der Waals surface area contributed by atoms with E-state index < -0.39 is 12.2 Å². The summed E-state index contributed by atoms with van der Waals surface area (Å²) in [6.45, 7) is 3.15. The number of fused-ring (bicyclic) bond motifs is 3.